The first-order chi connectivity index (χ1) is 18.2. The highest BCUT2D eigenvalue weighted by Crippen LogP contribution is 2.36. The number of alkyl halides is 3. The Kier molecular flexibility index (Phi) is 6.81. The van der Waals surface area contributed by atoms with Crippen LogP contribution in [0.5, 0.6) is 0 Å². The lowest BCUT2D eigenvalue weighted by atomic mass is 9.95. The van der Waals surface area contributed by atoms with Gasteiger partial charge in [0, 0.05) is 43.7 Å². The molecule has 4 heterocycles. The predicted octanol–water partition coefficient (Wildman–Crippen LogP) is 5.63. The molecule has 0 bridgehead atoms. The number of likely N-dealkylation sites (tertiary alicyclic amines) is 1. The Bertz CT molecular complexity index is 1490. The summed E-state index contributed by atoms with van der Waals surface area (Å²) in [4.78, 5) is 24.0. The highest BCUT2D eigenvalue weighted by Gasteiger charge is 2.38. The van der Waals surface area contributed by atoms with E-state index in [4.69, 9.17) is 0 Å². The van der Waals surface area contributed by atoms with Gasteiger partial charge in [0.25, 0.3) is 5.91 Å². The normalized spacial score (nSPS) is 14.3. The molecule has 0 N–H and O–H groups in total. The van der Waals surface area contributed by atoms with Crippen LogP contribution in [0, 0.1) is 13.8 Å². The lowest BCUT2D eigenvalue weighted by molar-refractivity contribution is -0.141. The second-order valence-corrected chi connectivity index (χ2v) is 9.75. The molecule has 38 heavy (non-hydrogen) atoms. The van der Waals surface area contributed by atoms with Gasteiger partial charge in [0.2, 0.25) is 0 Å². The van der Waals surface area contributed by atoms with Crippen LogP contribution in [0.2, 0.25) is 0 Å². The monoisotopic (exact) mass is 522 g/mol. The molecule has 1 aromatic carbocycles. The number of aryl methyl sites for hydroxylation is 2. The number of piperidine rings is 1. The standard InChI is InChI=1S/C28H29F3N6O/c1-4-9-36-17-21(25(34-36)28(29,30)31)23-16-33-26-22(32-8-12-37(23)26)15-20-13-18(2)24(19(3)14-20)27(38)35-10-6-5-7-11-35/h4,8,12-14,16-17H,1,5-7,9-11,15H2,2-3H3. The fourth-order valence-corrected chi connectivity index (χ4v) is 5.28. The van der Waals surface area contributed by atoms with E-state index in [1.54, 1.807) is 16.8 Å². The van der Waals surface area contributed by atoms with Gasteiger partial charge in [-0.15, -0.1) is 6.58 Å². The van der Waals surface area contributed by atoms with Crippen molar-refractivity contribution in [2.45, 2.75) is 52.3 Å². The van der Waals surface area contributed by atoms with Crippen LogP contribution in [-0.4, -0.2) is 48.0 Å². The van der Waals surface area contributed by atoms with Crippen molar-refractivity contribution in [3.8, 4) is 11.3 Å². The molecule has 0 radical (unpaired) electrons. The second-order valence-electron chi connectivity index (χ2n) is 9.75. The minimum absolute atomic E-state index is 0.0590. The molecular weight excluding hydrogens is 493 g/mol. The van der Waals surface area contributed by atoms with Crippen molar-refractivity contribution >= 4 is 11.6 Å². The smallest absolute Gasteiger partial charge is 0.339 e. The fraction of sp³-hybridized carbons (Fsp3) is 0.357. The Morgan fingerprint density at radius 3 is 2.47 bits per heavy atom. The average Bonchev–Trinajstić information content (AvgIpc) is 3.49. The van der Waals surface area contributed by atoms with Crippen molar-refractivity contribution in [3.63, 3.8) is 0 Å². The van der Waals surface area contributed by atoms with Crippen molar-refractivity contribution < 1.29 is 18.0 Å². The lowest BCUT2D eigenvalue weighted by Gasteiger charge is -2.28. The molecule has 10 heteroatoms. The third-order valence-electron chi connectivity index (χ3n) is 6.94. The van der Waals surface area contributed by atoms with Crippen LogP contribution in [0.15, 0.2) is 49.6 Å². The molecule has 1 aliphatic rings. The third-order valence-corrected chi connectivity index (χ3v) is 6.94. The van der Waals surface area contributed by atoms with Gasteiger partial charge in [-0.1, -0.05) is 18.2 Å². The molecule has 0 atom stereocenters. The van der Waals surface area contributed by atoms with Gasteiger partial charge in [-0.2, -0.15) is 18.3 Å². The Hall–Kier alpha value is -3.95. The van der Waals surface area contributed by atoms with E-state index in [1.165, 1.54) is 23.2 Å². The largest absolute Gasteiger partial charge is 0.435 e. The quantitative estimate of drug-likeness (QED) is 0.308. The molecule has 0 spiro atoms. The van der Waals surface area contributed by atoms with Gasteiger partial charge >= 0.3 is 6.18 Å². The molecular formula is C28H29F3N6O. The van der Waals surface area contributed by atoms with Crippen LogP contribution in [0.1, 0.15) is 57.7 Å². The van der Waals surface area contributed by atoms with E-state index in [0.29, 0.717) is 17.8 Å². The summed E-state index contributed by atoms with van der Waals surface area (Å²) < 4.78 is 44.1. The van der Waals surface area contributed by atoms with Gasteiger partial charge in [0.1, 0.15) is 0 Å². The van der Waals surface area contributed by atoms with E-state index in [2.05, 4.69) is 21.6 Å². The van der Waals surface area contributed by atoms with E-state index in [-0.39, 0.29) is 23.7 Å². The van der Waals surface area contributed by atoms with Gasteiger partial charge in [0.15, 0.2) is 11.3 Å². The predicted molar refractivity (Wildman–Crippen MR) is 138 cm³/mol. The van der Waals surface area contributed by atoms with Gasteiger partial charge in [-0.05, 0) is 49.8 Å². The number of halogens is 3. The molecule has 0 unspecified atom stereocenters. The number of hydrogen-bond donors (Lipinski definition) is 0. The van der Waals surface area contributed by atoms with Crippen LogP contribution >= 0.6 is 0 Å². The van der Waals surface area contributed by atoms with Crippen molar-refractivity contribution in [3.05, 3.63) is 83.2 Å². The number of hydrogen-bond acceptors (Lipinski definition) is 4. The molecule has 1 saturated heterocycles. The molecule has 0 saturated carbocycles. The molecule has 5 rings (SSSR count). The van der Waals surface area contributed by atoms with Crippen molar-refractivity contribution in [1.82, 2.24) is 29.0 Å². The summed E-state index contributed by atoms with van der Waals surface area (Å²) >= 11 is 0. The topological polar surface area (TPSA) is 68.3 Å². The van der Waals surface area contributed by atoms with Crippen LogP contribution in [-0.2, 0) is 19.1 Å². The van der Waals surface area contributed by atoms with E-state index in [1.807, 2.05) is 30.9 Å². The highest BCUT2D eigenvalue weighted by molar-refractivity contribution is 5.97. The summed E-state index contributed by atoms with van der Waals surface area (Å²) in [7, 11) is 0. The molecule has 1 fully saturated rings. The van der Waals surface area contributed by atoms with Crippen molar-refractivity contribution in [1.29, 1.82) is 0 Å². The van der Waals surface area contributed by atoms with Crippen molar-refractivity contribution in [2.24, 2.45) is 0 Å². The Labute approximate surface area is 218 Å². The number of nitrogens with zero attached hydrogens (tertiary/aromatic N) is 6. The number of rotatable bonds is 6. The number of benzene rings is 1. The van der Waals surface area contributed by atoms with Gasteiger partial charge in [0.05, 0.1) is 29.7 Å². The molecule has 7 nitrogen and oxygen atoms in total. The lowest BCUT2D eigenvalue weighted by Crippen LogP contribution is -2.36. The number of fused-ring (bicyclic) bond motifs is 1. The van der Waals surface area contributed by atoms with E-state index in [0.717, 1.165) is 54.6 Å². The van der Waals surface area contributed by atoms with Crippen LogP contribution in [0.25, 0.3) is 16.9 Å². The zero-order chi connectivity index (χ0) is 27.0. The maximum absolute atomic E-state index is 13.8. The third kappa shape index (κ3) is 4.82. The maximum atomic E-state index is 13.8. The molecule has 3 aromatic heterocycles. The van der Waals surface area contributed by atoms with E-state index >= 15 is 0 Å². The SMILES string of the molecule is C=CCn1cc(-c2cnc3c(Cc4cc(C)c(C(=O)N5CCCCC5)c(C)c4)nccn23)c(C(F)(F)F)n1. The summed E-state index contributed by atoms with van der Waals surface area (Å²) in [6.07, 6.45) is 6.44. The number of amides is 1. The summed E-state index contributed by atoms with van der Waals surface area (Å²) in [6.45, 7) is 9.19. The zero-order valence-electron chi connectivity index (χ0n) is 21.4. The maximum Gasteiger partial charge on any atom is 0.435 e. The molecule has 198 valence electrons. The summed E-state index contributed by atoms with van der Waals surface area (Å²) in [5.74, 6) is 0.0712. The first-order valence-electron chi connectivity index (χ1n) is 12.6. The van der Waals surface area contributed by atoms with E-state index < -0.39 is 11.9 Å². The Morgan fingerprint density at radius 2 is 1.82 bits per heavy atom. The van der Waals surface area contributed by atoms with Gasteiger partial charge < -0.3 is 4.90 Å². The first-order valence-corrected chi connectivity index (χ1v) is 12.6. The summed E-state index contributed by atoms with van der Waals surface area (Å²) in [5.41, 5.74) is 3.83. The Morgan fingerprint density at radius 1 is 1.11 bits per heavy atom. The number of imidazole rings is 1. The van der Waals surface area contributed by atoms with E-state index in [9.17, 15) is 18.0 Å². The van der Waals surface area contributed by atoms with Crippen LogP contribution in [0.3, 0.4) is 0 Å². The molecule has 1 aliphatic heterocycles. The molecule has 4 aromatic rings. The molecule has 1 amide bonds. The van der Waals surface area contributed by atoms with Crippen LogP contribution in [0.4, 0.5) is 13.2 Å². The Balaban J connectivity index is 1.49. The minimum Gasteiger partial charge on any atom is -0.339 e. The summed E-state index contributed by atoms with van der Waals surface area (Å²) in [5, 5.41) is 3.73. The number of carbonyl (C=O) groups excluding carboxylic acids is 1. The number of aromatic nitrogens is 5. The highest BCUT2D eigenvalue weighted by atomic mass is 19.4. The fourth-order valence-electron chi connectivity index (χ4n) is 5.28. The van der Waals surface area contributed by atoms with Crippen LogP contribution < -0.4 is 0 Å². The minimum atomic E-state index is -4.62. The molecule has 0 aliphatic carbocycles. The first kappa shape index (κ1) is 25.7. The number of carbonyl (C=O) groups is 1. The average molecular weight is 523 g/mol. The zero-order valence-corrected chi connectivity index (χ0v) is 21.4. The van der Waals surface area contributed by atoms with Gasteiger partial charge in [-0.25, -0.2) is 4.98 Å². The van der Waals surface area contributed by atoms with Gasteiger partial charge in [-0.3, -0.25) is 18.9 Å². The summed E-state index contributed by atoms with van der Waals surface area (Å²) in [6, 6.07) is 3.97. The number of allylic oxidation sites excluding steroid dienone is 1. The second kappa shape index (κ2) is 10.1. The van der Waals surface area contributed by atoms with Crippen molar-refractivity contribution in [2.75, 3.05) is 13.1 Å².